The van der Waals surface area contributed by atoms with E-state index in [1.807, 2.05) is 17.9 Å². The number of benzene rings is 1. The van der Waals surface area contributed by atoms with Crippen LogP contribution in [-0.4, -0.2) is 33.0 Å². The molecule has 6 nitrogen and oxygen atoms in total. The minimum atomic E-state index is -0.820. The second kappa shape index (κ2) is 6.22. The van der Waals surface area contributed by atoms with E-state index in [1.165, 1.54) is 12.1 Å². The molecule has 2 rings (SSSR count). The highest BCUT2D eigenvalue weighted by atomic mass is 16.6. The Kier molecular flexibility index (Phi) is 4.57. The largest absolute Gasteiger partial charge is 0.480 e. The number of carbonyl (C=O) groups is 1. The van der Waals surface area contributed by atoms with Gasteiger partial charge in [0.1, 0.15) is 5.54 Å². The third-order valence-electron chi connectivity index (χ3n) is 4.18. The summed E-state index contributed by atoms with van der Waals surface area (Å²) in [6.45, 7) is 3.14. The molecule has 21 heavy (non-hydrogen) atoms. The van der Waals surface area contributed by atoms with E-state index in [2.05, 4.69) is 0 Å². The van der Waals surface area contributed by atoms with Crippen LogP contribution in [-0.2, 0) is 11.3 Å². The van der Waals surface area contributed by atoms with Gasteiger partial charge in [0.25, 0.3) is 5.69 Å². The lowest BCUT2D eigenvalue weighted by atomic mass is 9.90. The van der Waals surface area contributed by atoms with Crippen molar-refractivity contribution in [2.75, 3.05) is 6.54 Å². The monoisotopic (exact) mass is 292 g/mol. The minimum Gasteiger partial charge on any atom is -0.480 e. The molecule has 1 aliphatic rings. The van der Waals surface area contributed by atoms with Gasteiger partial charge in [0.2, 0.25) is 0 Å². The number of carboxylic acids is 1. The summed E-state index contributed by atoms with van der Waals surface area (Å²) >= 11 is 0. The van der Waals surface area contributed by atoms with Crippen molar-refractivity contribution >= 4 is 11.7 Å². The van der Waals surface area contributed by atoms with Crippen molar-refractivity contribution in [3.8, 4) is 0 Å². The second-order valence-corrected chi connectivity index (χ2v) is 5.54. The lowest BCUT2D eigenvalue weighted by Gasteiger charge is -2.34. The molecule has 1 aromatic carbocycles. The first kappa shape index (κ1) is 15.4. The number of hydrogen-bond donors (Lipinski definition) is 1. The molecule has 0 saturated carbocycles. The van der Waals surface area contributed by atoms with Crippen LogP contribution in [0.3, 0.4) is 0 Å². The van der Waals surface area contributed by atoms with Gasteiger partial charge in [0.15, 0.2) is 0 Å². The van der Waals surface area contributed by atoms with E-state index >= 15 is 0 Å². The maximum Gasteiger partial charge on any atom is 0.324 e. The molecule has 0 amide bonds. The molecule has 0 aliphatic carbocycles. The highest BCUT2D eigenvalue weighted by Gasteiger charge is 2.46. The van der Waals surface area contributed by atoms with Crippen LogP contribution >= 0.6 is 0 Å². The average molecular weight is 292 g/mol. The Morgan fingerprint density at radius 1 is 1.52 bits per heavy atom. The van der Waals surface area contributed by atoms with Crippen molar-refractivity contribution in [2.45, 2.75) is 44.7 Å². The fourth-order valence-corrected chi connectivity index (χ4v) is 3.20. The highest BCUT2D eigenvalue weighted by molar-refractivity contribution is 5.79. The summed E-state index contributed by atoms with van der Waals surface area (Å²) in [5.41, 5.74) is 0.00951. The molecule has 114 valence electrons. The molecule has 1 fully saturated rings. The number of nitro benzene ring substituents is 1. The number of nitro groups is 1. The van der Waals surface area contributed by atoms with Gasteiger partial charge in [-0.3, -0.25) is 19.8 Å². The van der Waals surface area contributed by atoms with Crippen LogP contribution in [0.1, 0.15) is 38.2 Å². The van der Waals surface area contributed by atoms with Crippen molar-refractivity contribution in [1.82, 2.24) is 4.90 Å². The molecule has 0 radical (unpaired) electrons. The first-order valence-corrected chi connectivity index (χ1v) is 7.21. The van der Waals surface area contributed by atoms with Gasteiger partial charge in [0.05, 0.1) is 4.92 Å². The van der Waals surface area contributed by atoms with Crippen molar-refractivity contribution in [3.63, 3.8) is 0 Å². The molecule has 1 heterocycles. The molecule has 1 saturated heterocycles. The fraction of sp³-hybridized carbons (Fsp3) is 0.533. The van der Waals surface area contributed by atoms with Crippen LogP contribution in [0.2, 0.25) is 0 Å². The maximum absolute atomic E-state index is 11.7. The topological polar surface area (TPSA) is 83.7 Å². The molecule has 6 heteroatoms. The van der Waals surface area contributed by atoms with Crippen LogP contribution in [0.15, 0.2) is 24.3 Å². The normalized spacial score (nSPS) is 22.3. The van der Waals surface area contributed by atoms with Crippen molar-refractivity contribution < 1.29 is 14.8 Å². The van der Waals surface area contributed by atoms with Gasteiger partial charge in [-0.15, -0.1) is 0 Å². The summed E-state index contributed by atoms with van der Waals surface area (Å²) in [5.74, 6) is -0.785. The average Bonchev–Trinajstić information content (AvgIpc) is 2.84. The Balaban J connectivity index is 2.23. The molecule has 1 unspecified atom stereocenters. The Morgan fingerprint density at radius 3 is 2.90 bits per heavy atom. The van der Waals surface area contributed by atoms with E-state index in [-0.39, 0.29) is 5.69 Å². The van der Waals surface area contributed by atoms with E-state index in [0.29, 0.717) is 19.4 Å². The van der Waals surface area contributed by atoms with Crippen LogP contribution < -0.4 is 0 Å². The third kappa shape index (κ3) is 3.05. The summed E-state index contributed by atoms with van der Waals surface area (Å²) in [5, 5.41) is 20.5. The molecule has 0 bridgehead atoms. The Labute approximate surface area is 123 Å². The molecule has 0 spiro atoms. The van der Waals surface area contributed by atoms with Gasteiger partial charge in [0, 0.05) is 18.7 Å². The van der Waals surface area contributed by atoms with E-state index < -0.39 is 16.4 Å². The number of aliphatic carboxylic acids is 1. The number of likely N-dealkylation sites (tertiary alicyclic amines) is 1. The zero-order valence-electron chi connectivity index (χ0n) is 12.1. The lowest BCUT2D eigenvalue weighted by molar-refractivity contribution is -0.384. The first-order valence-electron chi connectivity index (χ1n) is 7.21. The number of rotatable bonds is 6. The summed E-state index contributed by atoms with van der Waals surface area (Å²) in [7, 11) is 0. The zero-order valence-corrected chi connectivity index (χ0v) is 12.1. The Morgan fingerprint density at radius 2 is 2.29 bits per heavy atom. The molecule has 1 aromatic rings. The minimum absolute atomic E-state index is 0.0445. The van der Waals surface area contributed by atoms with Crippen molar-refractivity contribution in [1.29, 1.82) is 0 Å². The zero-order chi connectivity index (χ0) is 15.5. The predicted octanol–water partition coefficient (Wildman–Crippen LogP) is 2.81. The van der Waals surface area contributed by atoms with Gasteiger partial charge in [-0.05, 0) is 31.4 Å². The maximum atomic E-state index is 11.7. The summed E-state index contributed by atoms with van der Waals surface area (Å²) in [6, 6.07) is 6.43. The fourth-order valence-electron chi connectivity index (χ4n) is 3.20. The van der Waals surface area contributed by atoms with Gasteiger partial charge in [-0.2, -0.15) is 0 Å². The quantitative estimate of drug-likeness (QED) is 0.644. The molecule has 1 N–H and O–H groups in total. The van der Waals surface area contributed by atoms with Crippen LogP contribution in [0.25, 0.3) is 0 Å². The number of non-ortho nitro benzene ring substituents is 1. The first-order chi connectivity index (χ1) is 9.99. The Bertz CT molecular complexity index is 546. The van der Waals surface area contributed by atoms with Crippen LogP contribution in [0, 0.1) is 10.1 Å². The Hall–Kier alpha value is -1.95. The summed E-state index contributed by atoms with van der Waals surface area (Å²) < 4.78 is 0. The summed E-state index contributed by atoms with van der Waals surface area (Å²) in [4.78, 5) is 24.1. The summed E-state index contributed by atoms with van der Waals surface area (Å²) in [6.07, 6.45) is 2.90. The SMILES string of the molecule is CCCC1(C(=O)O)CCCN1Cc1cccc([N+](=O)[O-])c1. The smallest absolute Gasteiger partial charge is 0.324 e. The second-order valence-electron chi connectivity index (χ2n) is 5.54. The van der Waals surface area contributed by atoms with E-state index in [0.717, 1.165) is 24.9 Å². The standard InChI is InChI=1S/C15H20N2O4/c1-2-7-15(14(18)19)8-4-9-16(15)11-12-5-3-6-13(10-12)17(20)21/h3,5-6,10H,2,4,7-9,11H2,1H3,(H,18,19). The number of carboxylic acid groups (broad SMARTS) is 1. The molecule has 1 aliphatic heterocycles. The van der Waals surface area contributed by atoms with Crippen molar-refractivity contribution in [2.24, 2.45) is 0 Å². The highest BCUT2D eigenvalue weighted by Crippen LogP contribution is 2.35. The van der Waals surface area contributed by atoms with Gasteiger partial charge >= 0.3 is 5.97 Å². The number of nitrogens with zero attached hydrogens (tertiary/aromatic N) is 2. The van der Waals surface area contributed by atoms with Gasteiger partial charge in [-0.25, -0.2) is 0 Å². The third-order valence-corrected chi connectivity index (χ3v) is 4.18. The van der Waals surface area contributed by atoms with Crippen molar-refractivity contribution in [3.05, 3.63) is 39.9 Å². The van der Waals surface area contributed by atoms with E-state index in [9.17, 15) is 20.0 Å². The lowest BCUT2D eigenvalue weighted by Crippen LogP contribution is -2.49. The van der Waals surface area contributed by atoms with Gasteiger partial charge in [-0.1, -0.05) is 25.5 Å². The molecular weight excluding hydrogens is 272 g/mol. The van der Waals surface area contributed by atoms with Crippen LogP contribution in [0.4, 0.5) is 5.69 Å². The number of hydrogen-bond acceptors (Lipinski definition) is 4. The van der Waals surface area contributed by atoms with E-state index in [1.54, 1.807) is 6.07 Å². The predicted molar refractivity (Wildman–Crippen MR) is 78.0 cm³/mol. The molecular formula is C15H20N2O4. The van der Waals surface area contributed by atoms with Crippen LogP contribution in [0.5, 0.6) is 0 Å². The molecule has 1 atom stereocenters. The van der Waals surface area contributed by atoms with E-state index in [4.69, 9.17) is 0 Å². The van der Waals surface area contributed by atoms with Gasteiger partial charge < -0.3 is 5.11 Å². The molecule has 0 aromatic heterocycles.